The number of nitrogens with zero attached hydrogens (tertiary/aromatic N) is 1. The molecule has 3 aromatic rings. The largest absolute Gasteiger partial charge is 0.491 e. The lowest BCUT2D eigenvalue weighted by Gasteiger charge is -2.20. The molecular formula is C23H24N6O7. The van der Waals surface area contributed by atoms with E-state index in [0.717, 1.165) is 0 Å². The van der Waals surface area contributed by atoms with Crippen LogP contribution in [0.5, 0.6) is 5.75 Å². The number of carboxylic acid groups (broad SMARTS) is 2. The van der Waals surface area contributed by atoms with Gasteiger partial charge in [0.25, 0.3) is 5.91 Å². The minimum absolute atomic E-state index is 0.0239. The highest BCUT2D eigenvalue weighted by Crippen LogP contribution is 2.22. The Balaban J connectivity index is 1.80. The van der Waals surface area contributed by atoms with E-state index in [1.54, 1.807) is 18.2 Å². The first-order valence-electron chi connectivity index (χ1n) is 10.7. The number of benzene rings is 2. The second-order valence-electron chi connectivity index (χ2n) is 7.91. The molecule has 1 amide bonds. The van der Waals surface area contributed by atoms with Gasteiger partial charge in [0.15, 0.2) is 5.95 Å². The van der Waals surface area contributed by atoms with E-state index < -0.39 is 36.1 Å². The number of carboxylic acids is 2. The first-order valence-corrected chi connectivity index (χ1v) is 10.7. The van der Waals surface area contributed by atoms with Gasteiger partial charge in [-0.1, -0.05) is 12.1 Å². The second-order valence-corrected chi connectivity index (χ2v) is 7.91. The highest BCUT2D eigenvalue weighted by molar-refractivity contribution is 6.33. The van der Waals surface area contributed by atoms with Crippen LogP contribution in [0.2, 0.25) is 0 Å². The van der Waals surface area contributed by atoms with Crippen molar-refractivity contribution in [3.8, 4) is 5.75 Å². The molecule has 0 aliphatic rings. The number of ketones is 1. The first-order chi connectivity index (χ1) is 17.0. The molecule has 0 saturated carbocycles. The fourth-order valence-corrected chi connectivity index (χ4v) is 3.38. The molecule has 36 heavy (non-hydrogen) atoms. The Morgan fingerprint density at radius 1 is 1.11 bits per heavy atom. The van der Waals surface area contributed by atoms with Crippen LogP contribution in [-0.4, -0.2) is 62.3 Å². The second kappa shape index (κ2) is 11.0. The number of amidine groups is 1. The fourth-order valence-electron chi connectivity index (χ4n) is 3.38. The summed E-state index contributed by atoms with van der Waals surface area (Å²) in [6, 6.07) is 8.18. The predicted octanol–water partition coefficient (Wildman–Crippen LogP) is 0.668. The van der Waals surface area contributed by atoms with E-state index in [-0.39, 0.29) is 53.7 Å². The Bertz CT molecular complexity index is 1350. The Hall–Kier alpha value is -4.94. The maximum Gasteiger partial charge on any atom is 0.372 e. The van der Waals surface area contributed by atoms with E-state index in [2.05, 4.69) is 15.3 Å². The van der Waals surface area contributed by atoms with E-state index in [9.17, 15) is 19.2 Å². The molecule has 0 bridgehead atoms. The van der Waals surface area contributed by atoms with Crippen LogP contribution in [0.1, 0.15) is 34.3 Å². The molecule has 3 rings (SSSR count). The third-order valence-electron chi connectivity index (χ3n) is 5.21. The molecule has 0 unspecified atom stereocenters. The van der Waals surface area contributed by atoms with Gasteiger partial charge < -0.3 is 36.7 Å². The summed E-state index contributed by atoms with van der Waals surface area (Å²) >= 11 is 0. The summed E-state index contributed by atoms with van der Waals surface area (Å²) in [5, 5.41) is 28.4. The molecule has 13 nitrogen and oxygen atoms in total. The molecule has 1 heterocycles. The minimum atomic E-state index is -1.61. The van der Waals surface area contributed by atoms with Crippen LogP contribution in [0.3, 0.4) is 0 Å². The van der Waals surface area contributed by atoms with Gasteiger partial charge in [-0.05, 0) is 30.7 Å². The predicted molar refractivity (Wildman–Crippen MR) is 128 cm³/mol. The van der Waals surface area contributed by atoms with Crippen molar-refractivity contribution in [1.29, 1.82) is 5.41 Å². The van der Waals surface area contributed by atoms with Gasteiger partial charge >= 0.3 is 11.9 Å². The molecule has 0 saturated heterocycles. The number of hydrogen-bond donors (Lipinski definition) is 7. The maximum atomic E-state index is 12.9. The van der Waals surface area contributed by atoms with Crippen molar-refractivity contribution in [3.63, 3.8) is 0 Å². The third-order valence-corrected chi connectivity index (χ3v) is 5.21. The summed E-state index contributed by atoms with van der Waals surface area (Å²) in [5.41, 5.74) is 13.1. The van der Waals surface area contributed by atoms with E-state index >= 15 is 0 Å². The van der Waals surface area contributed by atoms with Gasteiger partial charge in [0.05, 0.1) is 17.1 Å². The van der Waals surface area contributed by atoms with Gasteiger partial charge in [-0.2, -0.15) is 0 Å². The van der Waals surface area contributed by atoms with Crippen molar-refractivity contribution < 1.29 is 34.1 Å². The number of fused-ring (bicyclic) bond motifs is 1. The van der Waals surface area contributed by atoms with Crippen LogP contribution >= 0.6 is 0 Å². The van der Waals surface area contributed by atoms with E-state index in [1.165, 1.54) is 18.2 Å². The van der Waals surface area contributed by atoms with Gasteiger partial charge in [0.1, 0.15) is 18.2 Å². The van der Waals surface area contributed by atoms with E-state index in [4.69, 9.17) is 31.8 Å². The summed E-state index contributed by atoms with van der Waals surface area (Å²) < 4.78 is 5.78. The number of H-pyrrole nitrogens is 1. The smallest absolute Gasteiger partial charge is 0.372 e. The maximum absolute atomic E-state index is 12.9. The molecule has 0 aliphatic heterocycles. The number of nitrogens with one attached hydrogen (secondary N) is 3. The summed E-state index contributed by atoms with van der Waals surface area (Å²) in [6.45, 7) is -0.201. The van der Waals surface area contributed by atoms with Gasteiger partial charge in [0, 0.05) is 29.5 Å². The molecule has 1 aromatic heterocycles. The number of hydrogen-bond acceptors (Lipinski definition) is 8. The Labute approximate surface area is 204 Å². The third kappa shape index (κ3) is 6.56. The highest BCUT2D eigenvalue weighted by Gasteiger charge is 2.20. The number of anilines is 1. The van der Waals surface area contributed by atoms with Crippen LogP contribution in [-0.2, 0) is 20.8 Å². The lowest BCUT2D eigenvalue weighted by atomic mass is 10.0. The van der Waals surface area contributed by atoms with Crippen molar-refractivity contribution in [2.45, 2.75) is 25.3 Å². The molecule has 9 N–H and O–H groups in total. The van der Waals surface area contributed by atoms with Crippen LogP contribution in [0.4, 0.5) is 5.95 Å². The monoisotopic (exact) mass is 496 g/mol. The number of aliphatic carboxylic acids is 2. The zero-order chi connectivity index (χ0) is 26.4. The lowest BCUT2D eigenvalue weighted by Crippen LogP contribution is -2.39. The Morgan fingerprint density at radius 3 is 2.50 bits per heavy atom. The van der Waals surface area contributed by atoms with Crippen molar-refractivity contribution in [1.82, 2.24) is 15.3 Å². The number of nitrogens with two attached hydrogens (primary N) is 2. The van der Waals surface area contributed by atoms with Gasteiger partial charge in [0.2, 0.25) is 5.78 Å². The lowest BCUT2D eigenvalue weighted by molar-refractivity contribution is -0.148. The highest BCUT2D eigenvalue weighted by atomic mass is 16.5. The number of rotatable bonds is 12. The summed E-state index contributed by atoms with van der Waals surface area (Å²) in [6.07, 6.45) is -0.708. The SMILES string of the molecule is N=C(N)c1ccc(CC(=O)C(=O)O)c(OC[C@@H](CCC(=O)O)NC(=O)c2ccc3nc(N)[nH]c3c2)c1. The molecule has 2 aromatic carbocycles. The Kier molecular flexibility index (Phi) is 7.84. The average Bonchev–Trinajstić information content (AvgIpc) is 3.20. The molecule has 13 heteroatoms. The average molecular weight is 496 g/mol. The molecular weight excluding hydrogens is 472 g/mol. The minimum Gasteiger partial charge on any atom is -0.491 e. The van der Waals surface area contributed by atoms with Crippen molar-refractivity contribution >= 4 is 46.4 Å². The Morgan fingerprint density at radius 2 is 1.83 bits per heavy atom. The number of Topliss-reactive ketones (excluding diaryl/α,β-unsaturated/α-hetero) is 1. The number of carbonyl (C=O) groups excluding carboxylic acids is 2. The number of nitrogen functional groups attached to an aromatic ring is 2. The van der Waals surface area contributed by atoms with Crippen molar-refractivity contribution in [2.24, 2.45) is 5.73 Å². The van der Waals surface area contributed by atoms with E-state index in [1.807, 2.05) is 0 Å². The number of ether oxygens (including phenoxy) is 1. The van der Waals surface area contributed by atoms with Crippen LogP contribution < -0.4 is 21.5 Å². The van der Waals surface area contributed by atoms with Crippen LogP contribution in [0, 0.1) is 5.41 Å². The number of imidazole rings is 1. The van der Waals surface area contributed by atoms with Crippen LogP contribution in [0.25, 0.3) is 11.0 Å². The summed E-state index contributed by atoms with van der Waals surface area (Å²) in [4.78, 5) is 53.6. The quantitative estimate of drug-likeness (QED) is 0.105. The van der Waals surface area contributed by atoms with Crippen molar-refractivity contribution in [2.75, 3.05) is 12.3 Å². The normalized spacial score (nSPS) is 11.6. The zero-order valence-corrected chi connectivity index (χ0v) is 18.9. The first kappa shape index (κ1) is 25.7. The standard InChI is InChI=1S/C23H24N6O7/c24-20(25)12-2-1-11(8-17(30)22(34)35)18(9-12)36-10-14(4-6-19(31)32)27-21(33)13-3-5-15-16(7-13)29-23(26)28-15/h1-3,5,7,9,14H,4,6,8,10H2,(H3,24,25)(H,27,33)(H,31,32)(H,34,35)(H3,26,28,29)/t14-/m1/s1. The van der Waals surface area contributed by atoms with Gasteiger partial charge in [-0.15, -0.1) is 0 Å². The zero-order valence-electron chi connectivity index (χ0n) is 18.9. The molecule has 1 atom stereocenters. The van der Waals surface area contributed by atoms with E-state index in [0.29, 0.717) is 11.0 Å². The summed E-state index contributed by atoms with van der Waals surface area (Å²) in [7, 11) is 0. The molecule has 188 valence electrons. The molecule has 0 radical (unpaired) electrons. The van der Waals surface area contributed by atoms with Crippen LogP contribution in [0.15, 0.2) is 36.4 Å². The van der Waals surface area contributed by atoms with Gasteiger partial charge in [-0.25, -0.2) is 9.78 Å². The number of aromatic amines is 1. The number of amides is 1. The number of aromatic nitrogens is 2. The topological polar surface area (TPSA) is 235 Å². The number of carbonyl (C=O) groups is 4. The molecule has 0 fully saturated rings. The molecule has 0 spiro atoms. The van der Waals surface area contributed by atoms with Crippen molar-refractivity contribution in [3.05, 3.63) is 53.1 Å². The summed E-state index contributed by atoms with van der Waals surface area (Å²) in [5.74, 6) is -4.25. The van der Waals surface area contributed by atoms with Gasteiger partial charge in [-0.3, -0.25) is 19.8 Å². The fraction of sp³-hybridized carbons (Fsp3) is 0.217. The molecule has 0 aliphatic carbocycles.